The summed E-state index contributed by atoms with van der Waals surface area (Å²) in [5.41, 5.74) is 2.23. The zero-order chi connectivity index (χ0) is 22.3. The monoisotopic (exact) mass is 451 g/mol. The quantitative estimate of drug-likeness (QED) is 0.586. The predicted octanol–water partition coefficient (Wildman–Crippen LogP) is 4.27. The van der Waals surface area contributed by atoms with Gasteiger partial charge in [-0.25, -0.2) is 0 Å². The third kappa shape index (κ3) is 5.53. The SMILES string of the molecule is CCOc1ccc(/C=C2/SC(N3CCN(Cc4ccccc4)CC3)=NC2=O)cc1OCC. The number of amides is 1. The van der Waals surface area contributed by atoms with Gasteiger partial charge >= 0.3 is 0 Å². The molecule has 1 saturated heterocycles. The van der Waals surface area contributed by atoms with Gasteiger partial charge in [0.25, 0.3) is 5.91 Å². The third-order valence-corrected chi connectivity index (χ3v) is 6.41. The van der Waals surface area contributed by atoms with E-state index in [1.54, 1.807) is 0 Å². The molecule has 1 amide bonds. The third-order valence-electron chi connectivity index (χ3n) is 5.37. The van der Waals surface area contributed by atoms with Gasteiger partial charge in [-0.05, 0) is 54.9 Å². The molecule has 7 heteroatoms. The van der Waals surface area contributed by atoms with E-state index in [0.717, 1.165) is 43.5 Å². The highest BCUT2D eigenvalue weighted by atomic mass is 32.2. The van der Waals surface area contributed by atoms with E-state index in [2.05, 4.69) is 39.1 Å². The number of rotatable bonds is 7. The molecule has 0 aromatic heterocycles. The molecule has 6 nitrogen and oxygen atoms in total. The van der Waals surface area contributed by atoms with Crippen LogP contribution < -0.4 is 9.47 Å². The Hall–Kier alpha value is -2.77. The molecule has 2 aromatic carbocycles. The van der Waals surface area contributed by atoms with E-state index in [9.17, 15) is 4.79 Å². The van der Waals surface area contributed by atoms with Crippen molar-refractivity contribution in [2.45, 2.75) is 20.4 Å². The van der Waals surface area contributed by atoms with Gasteiger partial charge in [0.2, 0.25) is 0 Å². The highest BCUT2D eigenvalue weighted by Crippen LogP contribution is 2.33. The molecular weight excluding hydrogens is 422 g/mol. The Kier molecular flexibility index (Phi) is 7.50. The van der Waals surface area contributed by atoms with Crippen LogP contribution in [0.1, 0.15) is 25.0 Å². The van der Waals surface area contributed by atoms with Crippen molar-refractivity contribution in [3.63, 3.8) is 0 Å². The van der Waals surface area contributed by atoms with Crippen molar-refractivity contribution in [3.8, 4) is 11.5 Å². The van der Waals surface area contributed by atoms with Crippen LogP contribution in [0.25, 0.3) is 6.08 Å². The maximum Gasteiger partial charge on any atom is 0.286 e. The molecule has 0 radical (unpaired) electrons. The van der Waals surface area contributed by atoms with Gasteiger partial charge in [0.05, 0.1) is 18.1 Å². The minimum atomic E-state index is -0.177. The summed E-state index contributed by atoms with van der Waals surface area (Å²) in [6.45, 7) is 9.63. The van der Waals surface area contributed by atoms with Crippen LogP contribution >= 0.6 is 11.8 Å². The predicted molar refractivity (Wildman–Crippen MR) is 130 cm³/mol. The average molecular weight is 452 g/mol. The highest BCUT2D eigenvalue weighted by Gasteiger charge is 2.28. The maximum absolute atomic E-state index is 12.5. The zero-order valence-electron chi connectivity index (χ0n) is 18.6. The fourth-order valence-corrected chi connectivity index (χ4v) is 4.75. The second-order valence-corrected chi connectivity index (χ2v) is 8.64. The molecule has 2 aliphatic heterocycles. The molecule has 0 bridgehead atoms. The minimum absolute atomic E-state index is 0.177. The molecule has 0 spiro atoms. The smallest absolute Gasteiger partial charge is 0.286 e. The summed E-state index contributed by atoms with van der Waals surface area (Å²) in [6, 6.07) is 16.3. The van der Waals surface area contributed by atoms with Crippen LogP contribution in [0.4, 0.5) is 0 Å². The van der Waals surface area contributed by atoms with Crippen molar-refractivity contribution in [1.29, 1.82) is 0 Å². The molecule has 0 saturated carbocycles. The summed E-state index contributed by atoms with van der Waals surface area (Å²) in [6.07, 6.45) is 1.88. The fourth-order valence-electron chi connectivity index (χ4n) is 3.78. The van der Waals surface area contributed by atoms with E-state index in [0.29, 0.717) is 29.6 Å². The number of thioether (sulfide) groups is 1. The van der Waals surface area contributed by atoms with Crippen LogP contribution in [0.2, 0.25) is 0 Å². The van der Waals surface area contributed by atoms with Gasteiger partial charge in [0, 0.05) is 32.7 Å². The Morgan fingerprint density at radius 1 is 0.969 bits per heavy atom. The summed E-state index contributed by atoms with van der Waals surface area (Å²) in [5, 5.41) is 0.802. The first-order valence-corrected chi connectivity index (χ1v) is 11.9. The van der Waals surface area contributed by atoms with Crippen LogP contribution in [0.3, 0.4) is 0 Å². The number of hydrogen-bond acceptors (Lipinski definition) is 6. The van der Waals surface area contributed by atoms with Crippen molar-refractivity contribution in [2.75, 3.05) is 39.4 Å². The van der Waals surface area contributed by atoms with E-state index < -0.39 is 0 Å². The maximum atomic E-state index is 12.5. The largest absolute Gasteiger partial charge is 0.490 e. The van der Waals surface area contributed by atoms with Crippen molar-refractivity contribution in [3.05, 3.63) is 64.6 Å². The summed E-state index contributed by atoms with van der Waals surface area (Å²) >= 11 is 1.46. The summed E-state index contributed by atoms with van der Waals surface area (Å²) in [7, 11) is 0. The number of nitrogens with zero attached hydrogens (tertiary/aromatic N) is 3. The number of aliphatic imine (C=N–C) groups is 1. The van der Waals surface area contributed by atoms with E-state index in [1.807, 2.05) is 44.2 Å². The van der Waals surface area contributed by atoms with Crippen LogP contribution in [-0.4, -0.2) is 60.3 Å². The van der Waals surface area contributed by atoms with Gasteiger partial charge < -0.3 is 14.4 Å². The van der Waals surface area contributed by atoms with E-state index in [1.165, 1.54) is 17.3 Å². The lowest BCUT2D eigenvalue weighted by Crippen LogP contribution is -2.47. The van der Waals surface area contributed by atoms with E-state index >= 15 is 0 Å². The first-order valence-electron chi connectivity index (χ1n) is 11.1. The molecule has 168 valence electrons. The van der Waals surface area contributed by atoms with Gasteiger partial charge in [-0.2, -0.15) is 4.99 Å². The van der Waals surface area contributed by atoms with Crippen molar-refractivity contribution < 1.29 is 14.3 Å². The first-order chi connectivity index (χ1) is 15.7. The lowest BCUT2D eigenvalue weighted by molar-refractivity contribution is -0.113. The van der Waals surface area contributed by atoms with Gasteiger partial charge in [-0.3, -0.25) is 9.69 Å². The van der Waals surface area contributed by atoms with Crippen molar-refractivity contribution in [2.24, 2.45) is 4.99 Å². The van der Waals surface area contributed by atoms with Gasteiger partial charge in [0.1, 0.15) is 0 Å². The zero-order valence-corrected chi connectivity index (χ0v) is 19.4. The molecule has 0 aliphatic carbocycles. The topological polar surface area (TPSA) is 54.4 Å². The number of ether oxygens (including phenoxy) is 2. The molecular formula is C25H29N3O3S. The number of carbonyl (C=O) groups is 1. The molecule has 4 rings (SSSR count). The van der Waals surface area contributed by atoms with Gasteiger partial charge in [-0.15, -0.1) is 0 Å². The molecule has 0 atom stereocenters. The van der Waals surface area contributed by atoms with Crippen LogP contribution in [0.15, 0.2) is 58.4 Å². The van der Waals surface area contributed by atoms with Gasteiger partial charge in [-0.1, -0.05) is 36.4 Å². The molecule has 32 heavy (non-hydrogen) atoms. The molecule has 2 aliphatic rings. The lowest BCUT2D eigenvalue weighted by atomic mass is 10.2. The number of hydrogen-bond donors (Lipinski definition) is 0. The second kappa shape index (κ2) is 10.7. The van der Waals surface area contributed by atoms with Crippen molar-refractivity contribution in [1.82, 2.24) is 9.80 Å². The molecule has 2 heterocycles. The fraction of sp³-hybridized carbons (Fsp3) is 0.360. The van der Waals surface area contributed by atoms with Crippen molar-refractivity contribution >= 4 is 28.9 Å². The summed E-state index contributed by atoms with van der Waals surface area (Å²) in [4.78, 5) is 22.2. The normalized spacial score (nSPS) is 18.2. The molecule has 2 aromatic rings. The Balaban J connectivity index is 1.37. The number of piperazine rings is 1. The van der Waals surface area contributed by atoms with Crippen LogP contribution in [0.5, 0.6) is 11.5 Å². The second-order valence-electron chi connectivity index (χ2n) is 7.63. The highest BCUT2D eigenvalue weighted by molar-refractivity contribution is 8.18. The first kappa shape index (κ1) is 22.4. The van der Waals surface area contributed by atoms with E-state index in [-0.39, 0.29) is 5.91 Å². The van der Waals surface area contributed by atoms with Crippen LogP contribution in [-0.2, 0) is 11.3 Å². The Labute approximate surface area is 193 Å². The molecule has 0 unspecified atom stereocenters. The average Bonchev–Trinajstić information content (AvgIpc) is 3.17. The number of benzene rings is 2. The van der Waals surface area contributed by atoms with Crippen LogP contribution in [0, 0.1) is 0 Å². The van der Waals surface area contributed by atoms with E-state index in [4.69, 9.17) is 9.47 Å². The standard InChI is InChI=1S/C25H29N3O3S/c1-3-30-21-11-10-20(16-22(21)31-4-2)17-23-24(29)26-25(32-23)28-14-12-27(13-15-28)18-19-8-6-5-7-9-19/h5-11,16-17H,3-4,12-15,18H2,1-2H3/b23-17+. The lowest BCUT2D eigenvalue weighted by Gasteiger charge is -2.35. The summed E-state index contributed by atoms with van der Waals surface area (Å²) in [5.74, 6) is 1.23. The summed E-state index contributed by atoms with van der Waals surface area (Å²) < 4.78 is 11.3. The Bertz CT molecular complexity index is 999. The molecule has 0 N–H and O–H groups in total. The Morgan fingerprint density at radius 2 is 1.69 bits per heavy atom. The van der Waals surface area contributed by atoms with Gasteiger partial charge in [0.15, 0.2) is 16.7 Å². The molecule has 1 fully saturated rings. The number of amidine groups is 1. The number of carbonyl (C=O) groups excluding carboxylic acids is 1. The Morgan fingerprint density at radius 3 is 2.41 bits per heavy atom. The minimum Gasteiger partial charge on any atom is -0.490 e.